The summed E-state index contributed by atoms with van der Waals surface area (Å²) in [5.74, 6) is -0.765. The molecule has 0 spiro atoms. The third-order valence-corrected chi connectivity index (χ3v) is 3.79. The summed E-state index contributed by atoms with van der Waals surface area (Å²) in [5.41, 5.74) is 7.22. The van der Waals surface area contributed by atoms with E-state index in [1.807, 2.05) is 16.8 Å². The number of rotatable bonds is 3. The van der Waals surface area contributed by atoms with Crippen LogP contribution in [0.1, 0.15) is 15.9 Å². The maximum atomic E-state index is 13.7. The lowest BCUT2D eigenvalue weighted by molar-refractivity contribution is 0.100. The minimum absolute atomic E-state index is 0.249. The summed E-state index contributed by atoms with van der Waals surface area (Å²) in [7, 11) is 0. The highest BCUT2D eigenvalue weighted by atomic mass is 35.5. The molecule has 0 unspecified atom stereocenters. The summed E-state index contributed by atoms with van der Waals surface area (Å²) >= 11 is 6.18. The van der Waals surface area contributed by atoms with E-state index in [0.29, 0.717) is 22.5 Å². The van der Waals surface area contributed by atoms with Crippen molar-refractivity contribution >= 4 is 28.4 Å². The average molecular weight is 303 g/mol. The smallest absolute Gasteiger partial charge is 0.248 e. The minimum atomic E-state index is -0.517. The van der Waals surface area contributed by atoms with E-state index in [2.05, 4.69) is 0 Å². The summed E-state index contributed by atoms with van der Waals surface area (Å²) in [6.45, 7) is 0.491. The Bertz CT molecular complexity index is 841. The molecule has 0 fully saturated rings. The van der Waals surface area contributed by atoms with Gasteiger partial charge < -0.3 is 10.3 Å². The predicted molar refractivity (Wildman–Crippen MR) is 81.0 cm³/mol. The SMILES string of the molecule is NC(=O)c1ccc(Cn2ccc3c(F)cccc32)c(Cl)c1. The molecule has 0 bridgehead atoms. The number of halogens is 2. The summed E-state index contributed by atoms with van der Waals surface area (Å²) < 4.78 is 15.6. The van der Waals surface area contributed by atoms with Crippen LogP contribution in [0.2, 0.25) is 5.02 Å². The Morgan fingerprint density at radius 3 is 2.76 bits per heavy atom. The van der Waals surface area contributed by atoms with E-state index < -0.39 is 5.91 Å². The normalized spacial score (nSPS) is 11.0. The first kappa shape index (κ1) is 13.6. The summed E-state index contributed by atoms with van der Waals surface area (Å²) in [6.07, 6.45) is 1.81. The Labute approximate surface area is 125 Å². The largest absolute Gasteiger partial charge is 0.366 e. The lowest BCUT2D eigenvalue weighted by Crippen LogP contribution is -2.11. The molecule has 2 N–H and O–H groups in total. The fraction of sp³-hybridized carbons (Fsp3) is 0.0625. The van der Waals surface area contributed by atoms with Gasteiger partial charge in [-0.1, -0.05) is 23.7 Å². The van der Waals surface area contributed by atoms with Gasteiger partial charge in [0, 0.05) is 28.7 Å². The zero-order valence-electron chi connectivity index (χ0n) is 11.0. The van der Waals surface area contributed by atoms with Crippen molar-refractivity contribution in [3.05, 3.63) is 70.6 Å². The molecule has 0 aliphatic rings. The van der Waals surface area contributed by atoms with Gasteiger partial charge in [-0.15, -0.1) is 0 Å². The van der Waals surface area contributed by atoms with E-state index in [1.165, 1.54) is 6.07 Å². The van der Waals surface area contributed by atoms with Crippen LogP contribution >= 0.6 is 11.6 Å². The summed E-state index contributed by atoms with van der Waals surface area (Å²) in [6, 6.07) is 11.6. The standard InChI is InChI=1S/C16H12ClFN2O/c17-13-8-10(16(19)21)4-5-11(13)9-20-7-6-12-14(18)2-1-3-15(12)20/h1-8H,9H2,(H2,19,21). The minimum Gasteiger partial charge on any atom is -0.366 e. The van der Waals surface area contributed by atoms with Gasteiger partial charge in [-0.3, -0.25) is 4.79 Å². The van der Waals surface area contributed by atoms with Crippen molar-refractivity contribution in [1.82, 2.24) is 4.57 Å². The Hall–Kier alpha value is -2.33. The first-order chi connectivity index (χ1) is 10.1. The van der Waals surface area contributed by atoms with Crippen LogP contribution in [0.4, 0.5) is 4.39 Å². The first-order valence-corrected chi connectivity index (χ1v) is 6.75. The van der Waals surface area contributed by atoms with Gasteiger partial charge in [0.1, 0.15) is 5.82 Å². The zero-order valence-corrected chi connectivity index (χ0v) is 11.8. The molecule has 3 nitrogen and oxygen atoms in total. The number of carbonyl (C=O) groups excluding carboxylic acids is 1. The van der Waals surface area contributed by atoms with E-state index >= 15 is 0 Å². The molecule has 0 atom stereocenters. The van der Waals surface area contributed by atoms with Crippen molar-refractivity contribution in [1.29, 1.82) is 0 Å². The molecule has 1 amide bonds. The second kappa shape index (κ2) is 5.22. The second-order valence-corrected chi connectivity index (χ2v) is 5.19. The van der Waals surface area contributed by atoms with Crippen LogP contribution < -0.4 is 5.73 Å². The molecule has 106 valence electrons. The summed E-state index contributed by atoms with van der Waals surface area (Å²) in [5, 5.41) is 1.03. The predicted octanol–water partition coefficient (Wildman–Crippen LogP) is 3.58. The number of primary amides is 1. The third-order valence-electron chi connectivity index (χ3n) is 3.44. The number of benzene rings is 2. The number of nitrogens with two attached hydrogens (primary N) is 1. The monoisotopic (exact) mass is 302 g/mol. The third kappa shape index (κ3) is 2.50. The number of nitrogens with zero attached hydrogens (tertiary/aromatic N) is 1. The van der Waals surface area contributed by atoms with Crippen LogP contribution in [0, 0.1) is 5.82 Å². The number of hydrogen-bond donors (Lipinski definition) is 1. The van der Waals surface area contributed by atoms with Gasteiger partial charge in [0.05, 0.1) is 5.52 Å². The summed E-state index contributed by atoms with van der Waals surface area (Å²) in [4.78, 5) is 11.1. The quantitative estimate of drug-likeness (QED) is 0.790. The Balaban J connectivity index is 1.99. The van der Waals surface area contributed by atoms with Gasteiger partial charge in [0.25, 0.3) is 0 Å². The fourth-order valence-electron chi connectivity index (χ4n) is 2.34. The second-order valence-electron chi connectivity index (χ2n) is 4.79. The highest BCUT2D eigenvalue weighted by Gasteiger charge is 2.09. The van der Waals surface area contributed by atoms with Crippen LogP contribution in [-0.2, 0) is 6.54 Å². The zero-order chi connectivity index (χ0) is 15.0. The van der Waals surface area contributed by atoms with E-state index in [4.69, 9.17) is 17.3 Å². The van der Waals surface area contributed by atoms with Crippen molar-refractivity contribution in [2.24, 2.45) is 5.73 Å². The Kier molecular flexibility index (Phi) is 3.39. The van der Waals surface area contributed by atoms with E-state index in [1.54, 1.807) is 30.3 Å². The van der Waals surface area contributed by atoms with Crippen LogP contribution in [0.25, 0.3) is 10.9 Å². The number of amides is 1. The highest BCUT2D eigenvalue weighted by Crippen LogP contribution is 2.23. The molecule has 1 heterocycles. The van der Waals surface area contributed by atoms with Crippen LogP contribution in [0.5, 0.6) is 0 Å². The van der Waals surface area contributed by atoms with E-state index in [-0.39, 0.29) is 5.82 Å². The van der Waals surface area contributed by atoms with Gasteiger partial charge in [-0.2, -0.15) is 0 Å². The van der Waals surface area contributed by atoms with Gasteiger partial charge in [0.15, 0.2) is 0 Å². The van der Waals surface area contributed by atoms with Crippen LogP contribution in [-0.4, -0.2) is 10.5 Å². The molecular weight excluding hydrogens is 291 g/mol. The van der Waals surface area contributed by atoms with Crippen molar-refractivity contribution in [3.63, 3.8) is 0 Å². The van der Waals surface area contributed by atoms with Crippen molar-refractivity contribution < 1.29 is 9.18 Å². The molecule has 3 rings (SSSR count). The first-order valence-electron chi connectivity index (χ1n) is 6.38. The fourth-order valence-corrected chi connectivity index (χ4v) is 2.58. The molecule has 3 aromatic rings. The van der Waals surface area contributed by atoms with Crippen molar-refractivity contribution in [3.8, 4) is 0 Å². The molecule has 1 aromatic heterocycles. The Morgan fingerprint density at radius 1 is 1.24 bits per heavy atom. The molecule has 0 radical (unpaired) electrons. The number of carbonyl (C=O) groups is 1. The lowest BCUT2D eigenvalue weighted by atomic mass is 10.1. The Morgan fingerprint density at radius 2 is 2.05 bits per heavy atom. The molecule has 2 aromatic carbocycles. The molecule has 5 heteroatoms. The number of hydrogen-bond acceptors (Lipinski definition) is 1. The van der Waals surface area contributed by atoms with E-state index in [0.717, 1.165) is 11.1 Å². The van der Waals surface area contributed by atoms with Crippen LogP contribution in [0.15, 0.2) is 48.7 Å². The van der Waals surface area contributed by atoms with Crippen molar-refractivity contribution in [2.75, 3.05) is 0 Å². The molecule has 21 heavy (non-hydrogen) atoms. The van der Waals surface area contributed by atoms with E-state index in [9.17, 15) is 9.18 Å². The number of aromatic nitrogens is 1. The molecule has 0 aliphatic carbocycles. The maximum Gasteiger partial charge on any atom is 0.248 e. The van der Waals surface area contributed by atoms with Gasteiger partial charge in [0.2, 0.25) is 5.91 Å². The lowest BCUT2D eigenvalue weighted by Gasteiger charge is -2.09. The molecule has 0 aliphatic heterocycles. The van der Waals surface area contributed by atoms with Crippen LogP contribution in [0.3, 0.4) is 0 Å². The van der Waals surface area contributed by atoms with Gasteiger partial charge in [-0.05, 0) is 35.9 Å². The maximum absolute atomic E-state index is 13.7. The molecular formula is C16H12ClFN2O. The molecule has 0 saturated carbocycles. The number of fused-ring (bicyclic) bond motifs is 1. The van der Waals surface area contributed by atoms with Gasteiger partial charge >= 0.3 is 0 Å². The van der Waals surface area contributed by atoms with Gasteiger partial charge in [-0.25, -0.2) is 4.39 Å². The molecule has 0 saturated heterocycles. The topological polar surface area (TPSA) is 48.0 Å². The van der Waals surface area contributed by atoms with Crippen molar-refractivity contribution in [2.45, 2.75) is 6.54 Å². The highest BCUT2D eigenvalue weighted by molar-refractivity contribution is 6.31. The average Bonchev–Trinajstić information content (AvgIpc) is 2.85.